The molecular formula is C13H18Cl3N3OS. The monoisotopic (exact) mass is 369 g/mol. The summed E-state index contributed by atoms with van der Waals surface area (Å²) in [5, 5.41) is 2.41. The van der Waals surface area contributed by atoms with E-state index in [0.29, 0.717) is 5.16 Å². The topological polar surface area (TPSA) is 54.9 Å². The number of nitrogens with zero attached hydrogens (tertiary/aromatic N) is 2. The summed E-state index contributed by atoms with van der Waals surface area (Å²) < 4.78 is -1.67. The Morgan fingerprint density at radius 3 is 2.05 bits per heavy atom. The van der Waals surface area contributed by atoms with E-state index in [1.165, 1.54) is 0 Å². The van der Waals surface area contributed by atoms with Crippen molar-refractivity contribution in [3.63, 3.8) is 0 Å². The summed E-state index contributed by atoms with van der Waals surface area (Å²) in [6.07, 6.45) is 0. The Balaban J connectivity index is 2.97. The van der Waals surface area contributed by atoms with Crippen molar-refractivity contribution in [1.29, 1.82) is 0 Å². The van der Waals surface area contributed by atoms with Crippen molar-refractivity contribution in [3.8, 4) is 0 Å². The number of amides is 1. The first-order chi connectivity index (χ1) is 9.39. The van der Waals surface area contributed by atoms with Crippen LogP contribution in [0.3, 0.4) is 0 Å². The van der Waals surface area contributed by atoms with Crippen molar-refractivity contribution in [3.05, 3.63) is 17.5 Å². The number of halogens is 3. The number of aryl methyl sites for hydroxylation is 2. The highest BCUT2D eigenvalue weighted by Crippen LogP contribution is 2.38. The first-order valence-electron chi connectivity index (χ1n) is 6.26. The van der Waals surface area contributed by atoms with Gasteiger partial charge in [0.1, 0.15) is 5.37 Å². The zero-order chi connectivity index (χ0) is 16.4. The molecule has 1 N–H and O–H groups in total. The van der Waals surface area contributed by atoms with Gasteiger partial charge in [-0.25, -0.2) is 9.97 Å². The quantitative estimate of drug-likeness (QED) is 0.377. The Bertz CT molecular complexity index is 506. The van der Waals surface area contributed by atoms with E-state index in [9.17, 15) is 4.79 Å². The van der Waals surface area contributed by atoms with Crippen LogP contribution >= 0.6 is 46.6 Å². The number of alkyl halides is 3. The summed E-state index contributed by atoms with van der Waals surface area (Å²) >= 11 is 19.0. The summed E-state index contributed by atoms with van der Waals surface area (Å²) in [6, 6.07) is 1.85. The highest BCUT2D eigenvalue weighted by molar-refractivity contribution is 8.00. The Kier molecular flexibility index (Phi) is 6.18. The number of thioether (sulfide) groups is 1. The van der Waals surface area contributed by atoms with Gasteiger partial charge in [0.15, 0.2) is 5.16 Å². The first-order valence-corrected chi connectivity index (χ1v) is 8.27. The molecule has 1 aromatic heterocycles. The predicted molar refractivity (Wildman–Crippen MR) is 89.0 cm³/mol. The Hall–Kier alpha value is -0.230. The molecule has 0 aliphatic carbocycles. The molecule has 1 rings (SSSR count). The molecule has 1 heterocycles. The highest BCUT2D eigenvalue weighted by Gasteiger charge is 2.37. The molecule has 118 valence electrons. The third-order valence-electron chi connectivity index (χ3n) is 2.43. The lowest BCUT2D eigenvalue weighted by Gasteiger charge is -2.28. The fourth-order valence-electron chi connectivity index (χ4n) is 1.37. The summed E-state index contributed by atoms with van der Waals surface area (Å²) in [4.78, 5) is 20.7. The van der Waals surface area contributed by atoms with Crippen LogP contribution in [-0.4, -0.2) is 25.0 Å². The molecule has 1 aromatic rings. The van der Waals surface area contributed by atoms with Gasteiger partial charge in [-0.3, -0.25) is 4.79 Å². The third-order valence-corrected chi connectivity index (χ3v) is 4.57. The smallest absolute Gasteiger partial charge is 0.226 e. The molecule has 0 unspecified atom stereocenters. The molecule has 0 saturated carbocycles. The summed E-state index contributed by atoms with van der Waals surface area (Å²) in [5.74, 6) is -0.212. The average molecular weight is 371 g/mol. The van der Waals surface area contributed by atoms with E-state index in [1.807, 2.05) is 19.9 Å². The van der Waals surface area contributed by atoms with Crippen LogP contribution in [0, 0.1) is 19.3 Å². The van der Waals surface area contributed by atoms with E-state index in [0.717, 1.165) is 23.1 Å². The lowest BCUT2D eigenvalue weighted by Crippen LogP contribution is -2.46. The standard InChI is InChI=1S/C13H18Cl3N3OS/c1-7-6-8(2)18-11(17-7)21-10(13(14,15)16)19-9(20)12(3,4)5/h6,10H,1-5H3,(H,19,20)/t10-/m1/s1. The lowest BCUT2D eigenvalue weighted by molar-refractivity contribution is -0.128. The van der Waals surface area contributed by atoms with Gasteiger partial charge in [0.05, 0.1) is 0 Å². The van der Waals surface area contributed by atoms with Gasteiger partial charge < -0.3 is 5.32 Å². The molecule has 0 aliphatic rings. The maximum absolute atomic E-state index is 12.1. The molecule has 0 saturated heterocycles. The van der Waals surface area contributed by atoms with E-state index in [-0.39, 0.29) is 5.91 Å². The molecule has 1 atom stereocenters. The average Bonchev–Trinajstić information content (AvgIpc) is 2.23. The van der Waals surface area contributed by atoms with Gasteiger partial charge in [0.2, 0.25) is 9.70 Å². The van der Waals surface area contributed by atoms with Crippen LogP contribution in [-0.2, 0) is 4.79 Å². The normalized spacial score (nSPS) is 13.9. The van der Waals surface area contributed by atoms with E-state index >= 15 is 0 Å². The SMILES string of the molecule is Cc1cc(C)nc(S[C@@H](NC(=O)C(C)(C)C)C(Cl)(Cl)Cl)n1. The largest absolute Gasteiger partial charge is 0.339 e. The predicted octanol–water partition coefficient (Wildman–Crippen LogP) is 4.04. The molecule has 0 spiro atoms. The minimum absolute atomic E-state index is 0.212. The number of aromatic nitrogens is 2. The van der Waals surface area contributed by atoms with Crippen molar-refractivity contribution >= 4 is 52.5 Å². The molecule has 8 heteroatoms. The molecule has 4 nitrogen and oxygen atoms in total. The number of carbonyl (C=O) groups excluding carboxylic acids is 1. The highest BCUT2D eigenvalue weighted by atomic mass is 35.6. The van der Waals surface area contributed by atoms with Gasteiger partial charge in [-0.05, 0) is 19.9 Å². The molecule has 21 heavy (non-hydrogen) atoms. The Morgan fingerprint density at radius 2 is 1.67 bits per heavy atom. The van der Waals surface area contributed by atoms with Crippen LogP contribution in [0.5, 0.6) is 0 Å². The maximum Gasteiger partial charge on any atom is 0.226 e. The van der Waals surface area contributed by atoms with Gasteiger partial charge in [0, 0.05) is 16.8 Å². The van der Waals surface area contributed by atoms with E-state index in [4.69, 9.17) is 34.8 Å². The van der Waals surface area contributed by atoms with Crippen LogP contribution < -0.4 is 5.32 Å². The van der Waals surface area contributed by atoms with Crippen molar-refractivity contribution < 1.29 is 4.79 Å². The number of rotatable bonds is 3. The van der Waals surface area contributed by atoms with Crippen molar-refractivity contribution in [1.82, 2.24) is 15.3 Å². The number of carbonyl (C=O) groups is 1. The third kappa shape index (κ3) is 6.19. The van der Waals surface area contributed by atoms with Crippen LogP contribution in [0.2, 0.25) is 0 Å². The summed E-state index contributed by atoms with van der Waals surface area (Å²) in [7, 11) is 0. The van der Waals surface area contributed by atoms with Crippen LogP contribution in [0.1, 0.15) is 32.2 Å². The number of hydrogen-bond donors (Lipinski definition) is 1. The Morgan fingerprint density at radius 1 is 1.19 bits per heavy atom. The van der Waals surface area contributed by atoms with Crippen LogP contribution in [0.4, 0.5) is 0 Å². The lowest BCUT2D eigenvalue weighted by atomic mass is 9.96. The molecular weight excluding hydrogens is 353 g/mol. The van der Waals surface area contributed by atoms with Gasteiger partial charge in [-0.15, -0.1) is 0 Å². The molecule has 0 radical (unpaired) electrons. The minimum Gasteiger partial charge on any atom is -0.339 e. The minimum atomic E-state index is -1.67. The molecule has 0 bridgehead atoms. The summed E-state index contributed by atoms with van der Waals surface area (Å²) in [6.45, 7) is 9.08. The van der Waals surface area contributed by atoms with Gasteiger partial charge in [-0.1, -0.05) is 67.3 Å². The Labute approximate surface area is 144 Å². The molecule has 0 aliphatic heterocycles. The zero-order valence-electron chi connectivity index (χ0n) is 12.5. The second-order valence-electron chi connectivity index (χ2n) is 5.70. The fourth-order valence-corrected chi connectivity index (χ4v) is 2.83. The van der Waals surface area contributed by atoms with Crippen molar-refractivity contribution in [2.24, 2.45) is 5.41 Å². The summed E-state index contributed by atoms with van der Waals surface area (Å²) in [5.41, 5.74) is 1.04. The number of nitrogens with one attached hydrogen (secondary N) is 1. The van der Waals surface area contributed by atoms with Gasteiger partial charge >= 0.3 is 0 Å². The molecule has 0 aromatic carbocycles. The van der Waals surface area contributed by atoms with E-state index in [1.54, 1.807) is 20.8 Å². The van der Waals surface area contributed by atoms with Gasteiger partial charge in [-0.2, -0.15) is 0 Å². The van der Waals surface area contributed by atoms with E-state index < -0.39 is 14.6 Å². The second-order valence-corrected chi connectivity index (χ2v) is 9.14. The zero-order valence-corrected chi connectivity index (χ0v) is 15.6. The van der Waals surface area contributed by atoms with Crippen LogP contribution in [0.25, 0.3) is 0 Å². The molecule has 0 fully saturated rings. The van der Waals surface area contributed by atoms with Crippen molar-refractivity contribution in [2.75, 3.05) is 0 Å². The first kappa shape index (κ1) is 18.8. The van der Waals surface area contributed by atoms with Crippen molar-refractivity contribution in [2.45, 2.75) is 48.9 Å². The fraction of sp³-hybridized carbons (Fsp3) is 0.615. The molecule has 1 amide bonds. The van der Waals surface area contributed by atoms with E-state index in [2.05, 4.69) is 15.3 Å². The van der Waals surface area contributed by atoms with Crippen LogP contribution in [0.15, 0.2) is 11.2 Å². The number of hydrogen-bond acceptors (Lipinski definition) is 4. The van der Waals surface area contributed by atoms with Gasteiger partial charge in [0.25, 0.3) is 0 Å². The second kappa shape index (κ2) is 6.90. The maximum atomic E-state index is 12.1.